The summed E-state index contributed by atoms with van der Waals surface area (Å²) in [4.78, 5) is 0. The van der Waals surface area contributed by atoms with Crippen LogP contribution < -0.4 is 11.1 Å². The first-order valence-electron chi connectivity index (χ1n) is 4.98. The van der Waals surface area contributed by atoms with E-state index in [1.54, 1.807) is 0 Å². The third-order valence-corrected chi connectivity index (χ3v) is 2.66. The lowest BCUT2D eigenvalue weighted by atomic mass is 9.99. The molecule has 0 atom stereocenters. The molecular formula is C9H17F3N2. The monoisotopic (exact) mass is 210 g/mol. The van der Waals surface area contributed by atoms with E-state index in [1.807, 2.05) is 0 Å². The van der Waals surface area contributed by atoms with Crippen molar-refractivity contribution in [2.24, 2.45) is 5.73 Å². The Balaban J connectivity index is 2.09. The zero-order valence-electron chi connectivity index (χ0n) is 8.16. The Bertz CT molecular complexity index is 173. The SMILES string of the molecule is NC1(CNCCC(F)(F)F)CCCC1. The van der Waals surface area contributed by atoms with Gasteiger partial charge in [0.1, 0.15) is 0 Å². The molecule has 0 heterocycles. The van der Waals surface area contributed by atoms with Gasteiger partial charge in [-0.05, 0) is 12.8 Å². The molecule has 0 bridgehead atoms. The van der Waals surface area contributed by atoms with Gasteiger partial charge < -0.3 is 11.1 Å². The first kappa shape index (κ1) is 11.8. The van der Waals surface area contributed by atoms with E-state index in [9.17, 15) is 13.2 Å². The number of hydrogen-bond donors (Lipinski definition) is 2. The van der Waals surface area contributed by atoms with E-state index in [-0.39, 0.29) is 12.1 Å². The molecule has 84 valence electrons. The molecule has 0 saturated heterocycles. The van der Waals surface area contributed by atoms with Gasteiger partial charge in [-0.15, -0.1) is 0 Å². The van der Waals surface area contributed by atoms with Gasteiger partial charge in [0.25, 0.3) is 0 Å². The molecule has 2 nitrogen and oxygen atoms in total. The zero-order valence-corrected chi connectivity index (χ0v) is 8.16. The lowest BCUT2D eigenvalue weighted by Gasteiger charge is -2.24. The summed E-state index contributed by atoms with van der Waals surface area (Å²) in [7, 11) is 0. The lowest BCUT2D eigenvalue weighted by Crippen LogP contribution is -2.46. The van der Waals surface area contributed by atoms with Crippen LogP contribution in [0.5, 0.6) is 0 Å². The van der Waals surface area contributed by atoms with Crippen LogP contribution in [0.1, 0.15) is 32.1 Å². The van der Waals surface area contributed by atoms with Gasteiger partial charge in [-0.1, -0.05) is 12.8 Å². The van der Waals surface area contributed by atoms with Crippen LogP contribution in [0.3, 0.4) is 0 Å². The molecule has 5 heteroatoms. The van der Waals surface area contributed by atoms with Crippen LogP contribution in [0.4, 0.5) is 13.2 Å². The van der Waals surface area contributed by atoms with Crippen LogP contribution in [0, 0.1) is 0 Å². The molecule has 0 aromatic heterocycles. The second kappa shape index (κ2) is 4.49. The Morgan fingerprint density at radius 1 is 1.21 bits per heavy atom. The molecule has 0 aliphatic heterocycles. The average molecular weight is 210 g/mol. The molecule has 1 aliphatic carbocycles. The van der Waals surface area contributed by atoms with E-state index in [2.05, 4.69) is 5.32 Å². The first-order chi connectivity index (χ1) is 6.41. The summed E-state index contributed by atoms with van der Waals surface area (Å²) in [6, 6.07) is 0. The van der Waals surface area contributed by atoms with Gasteiger partial charge in [0.2, 0.25) is 0 Å². The van der Waals surface area contributed by atoms with E-state index < -0.39 is 12.6 Å². The highest BCUT2D eigenvalue weighted by molar-refractivity contribution is 4.91. The number of hydrogen-bond acceptors (Lipinski definition) is 2. The highest BCUT2D eigenvalue weighted by Crippen LogP contribution is 2.26. The first-order valence-corrected chi connectivity index (χ1v) is 4.98. The molecule has 14 heavy (non-hydrogen) atoms. The summed E-state index contributed by atoms with van der Waals surface area (Å²) < 4.78 is 35.3. The van der Waals surface area contributed by atoms with E-state index >= 15 is 0 Å². The topological polar surface area (TPSA) is 38.0 Å². The summed E-state index contributed by atoms with van der Waals surface area (Å²) in [5, 5.41) is 2.78. The molecule has 0 unspecified atom stereocenters. The fraction of sp³-hybridized carbons (Fsp3) is 1.00. The van der Waals surface area contributed by atoms with Crippen LogP contribution in [0.15, 0.2) is 0 Å². The summed E-state index contributed by atoms with van der Waals surface area (Å²) >= 11 is 0. The summed E-state index contributed by atoms with van der Waals surface area (Å²) in [6.45, 7) is 0.478. The van der Waals surface area contributed by atoms with Gasteiger partial charge >= 0.3 is 6.18 Å². The van der Waals surface area contributed by atoms with Crippen molar-refractivity contribution < 1.29 is 13.2 Å². The Hall–Kier alpha value is -0.290. The fourth-order valence-corrected chi connectivity index (χ4v) is 1.82. The minimum Gasteiger partial charge on any atom is -0.324 e. The van der Waals surface area contributed by atoms with Gasteiger partial charge in [-0.25, -0.2) is 0 Å². The van der Waals surface area contributed by atoms with E-state index in [0.717, 1.165) is 25.7 Å². The van der Waals surface area contributed by atoms with Crippen molar-refractivity contribution in [1.82, 2.24) is 5.32 Å². The van der Waals surface area contributed by atoms with Crippen LogP contribution in [-0.4, -0.2) is 24.8 Å². The summed E-state index contributed by atoms with van der Waals surface area (Å²) in [5.41, 5.74) is 5.71. The van der Waals surface area contributed by atoms with Gasteiger partial charge in [-0.3, -0.25) is 0 Å². The van der Waals surface area contributed by atoms with Crippen molar-refractivity contribution in [3.63, 3.8) is 0 Å². The number of halogens is 3. The Morgan fingerprint density at radius 3 is 2.29 bits per heavy atom. The third kappa shape index (κ3) is 4.28. The summed E-state index contributed by atoms with van der Waals surface area (Å²) in [5.74, 6) is 0. The third-order valence-electron chi connectivity index (χ3n) is 2.66. The quantitative estimate of drug-likeness (QED) is 0.694. The molecule has 0 spiro atoms. The van der Waals surface area contributed by atoms with Crippen molar-refractivity contribution in [1.29, 1.82) is 0 Å². The second-order valence-electron chi connectivity index (χ2n) is 4.11. The van der Waals surface area contributed by atoms with Crippen LogP contribution >= 0.6 is 0 Å². The smallest absolute Gasteiger partial charge is 0.324 e. The van der Waals surface area contributed by atoms with Gasteiger partial charge in [0.15, 0.2) is 0 Å². The maximum Gasteiger partial charge on any atom is 0.390 e. The minimum absolute atomic E-state index is 0.0253. The molecule has 0 radical (unpaired) electrons. The highest BCUT2D eigenvalue weighted by atomic mass is 19.4. The molecule has 3 N–H and O–H groups in total. The van der Waals surface area contributed by atoms with E-state index in [1.165, 1.54) is 0 Å². The van der Waals surface area contributed by atoms with Crippen molar-refractivity contribution >= 4 is 0 Å². The van der Waals surface area contributed by atoms with Crippen molar-refractivity contribution in [3.05, 3.63) is 0 Å². The van der Waals surface area contributed by atoms with Crippen LogP contribution in [0.25, 0.3) is 0 Å². The van der Waals surface area contributed by atoms with E-state index in [4.69, 9.17) is 5.73 Å². The number of nitrogens with two attached hydrogens (primary N) is 1. The Morgan fingerprint density at radius 2 is 1.79 bits per heavy atom. The van der Waals surface area contributed by atoms with E-state index in [0.29, 0.717) is 6.54 Å². The maximum absolute atomic E-state index is 11.8. The molecule has 1 rings (SSSR count). The number of rotatable bonds is 4. The maximum atomic E-state index is 11.8. The largest absolute Gasteiger partial charge is 0.390 e. The fourth-order valence-electron chi connectivity index (χ4n) is 1.82. The highest BCUT2D eigenvalue weighted by Gasteiger charge is 2.30. The zero-order chi connectivity index (χ0) is 10.7. The lowest BCUT2D eigenvalue weighted by molar-refractivity contribution is -0.133. The Labute approximate surface area is 82.0 Å². The second-order valence-corrected chi connectivity index (χ2v) is 4.11. The van der Waals surface area contributed by atoms with Gasteiger partial charge in [0.05, 0.1) is 6.42 Å². The predicted molar refractivity (Wildman–Crippen MR) is 48.9 cm³/mol. The van der Waals surface area contributed by atoms with Crippen molar-refractivity contribution in [3.8, 4) is 0 Å². The standard InChI is InChI=1S/C9H17F3N2/c10-9(11,12)5-6-14-7-8(13)3-1-2-4-8/h14H,1-7,13H2. The van der Waals surface area contributed by atoms with Gasteiger partial charge in [-0.2, -0.15) is 13.2 Å². The molecule has 1 fully saturated rings. The molecule has 0 aromatic carbocycles. The summed E-state index contributed by atoms with van der Waals surface area (Å²) in [6.07, 6.45) is -0.805. The molecule has 1 saturated carbocycles. The molecule has 0 aromatic rings. The number of nitrogens with one attached hydrogen (secondary N) is 1. The van der Waals surface area contributed by atoms with Crippen LogP contribution in [-0.2, 0) is 0 Å². The van der Waals surface area contributed by atoms with Crippen molar-refractivity contribution in [2.75, 3.05) is 13.1 Å². The predicted octanol–water partition coefficient (Wildman–Crippen LogP) is 1.80. The normalized spacial score (nSPS) is 21.4. The minimum atomic E-state index is -4.07. The molecule has 1 aliphatic rings. The Kier molecular flexibility index (Phi) is 3.78. The molecule has 0 amide bonds. The average Bonchev–Trinajstić information content (AvgIpc) is 2.45. The van der Waals surface area contributed by atoms with Gasteiger partial charge in [0, 0.05) is 18.6 Å². The molecular weight excluding hydrogens is 193 g/mol. The number of alkyl halides is 3. The van der Waals surface area contributed by atoms with Crippen molar-refractivity contribution in [2.45, 2.75) is 43.8 Å². The van der Waals surface area contributed by atoms with Crippen LogP contribution in [0.2, 0.25) is 0 Å².